The quantitative estimate of drug-likeness (QED) is 0.494. The molecule has 6 heteroatoms. The lowest BCUT2D eigenvalue weighted by molar-refractivity contribution is 0.414. The maximum Gasteiger partial charge on any atom is 0.187 e. The van der Waals surface area contributed by atoms with Crippen LogP contribution in [-0.4, -0.2) is 17.9 Å². The fraction of sp³-hybridized carbons (Fsp3) is 0.222. The van der Waals surface area contributed by atoms with Gasteiger partial charge in [-0.1, -0.05) is 23.8 Å². The monoisotopic (exact) mass is 345 g/mol. The van der Waals surface area contributed by atoms with Crippen molar-refractivity contribution < 1.29 is 9.13 Å². The molecule has 2 rings (SSSR count). The van der Waals surface area contributed by atoms with Gasteiger partial charge in [0.25, 0.3) is 0 Å². The van der Waals surface area contributed by atoms with Crippen molar-refractivity contribution >= 4 is 23.0 Å². The highest BCUT2D eigenvalue weighted by molar-refractivity contribution is 7.80. The summed E-state index contributed by atoms with van der Waals surface area (Å²) in [6, 6.07) is 12.1. The summed E-state index contributed by atoms with van der Waals surface area (Å²) in [6.07, 6.45) is 0. The lowest BCUT2D eigenvalue weighted by Crippen LogP contribution is -2.32. The van der Waals surface area contributed by atoms with Gasteiger partial charge in [0.1, 0.15) is 11.6 Å². The minimum atomic E-state index is -0.258. The van der Waals surface area contributed by atoms with Crippen molar-refractivity contribution in [2.24, 2.45) is 5.10 Å². The second kappa shape index (κ2) is 8.40. The molecule has 2 aromatic carbocycles. The van der Waals surface area contributed by atoms with Crippen molar-refractivity contribution in [2.45, 2.75) is 20.4 Å². The Morgan fingerprint density at radius 2 is 1.92 bits per heavy atom. The molecule has 126 valence electrons. The topological polar surface area (TPSA) is 45.6 Å². The Bertz CT molecular complexity index is 744. The molecule has 0 saturated heterocycles. The third-order valence-electron chi connectivity index (χ3n) is 3.44. The van der Waals surface area contributed by atoms with Crippen molar-refractivity contribution in [2.75, 3.05) is 7.11 Å². The van der Waals surface area contributed by atoms with Gasteiger partial charge in [0.15, 0.2) is 5.11 Å². The molecule has 2 N–H and O–H groups in total. The third-order valence-corrected chi connectivity index (χ3v) is 3.67. The van der Waals surface area contributed by atoms with E-state index in [1.165, 1.54) is 12.1 Å². The van der Waals surface area contributed by atoms with Gasteiger partial charge in [-0.2, -0.15) is 5.10 Å². The van der Waals surface area contributed by atoms with E-state index in [2.05, 4.69) is 15.8 Å². The van der Waals surface area contributed by atoms with Gasteiger partial charge in [0.05, 0.1) is 12.8 Å². The Labute approximate surface area is 146 Å². The van der Waals surface area contributed by atoms with Gasteiger partial charge in [-0.15, -0.1) is 0 Å². The molecule has 0 atom stereocenters. The first-order chi connectivity index (χ1) is 11.5. The number of hydrogen-bond acceptors (Lipinski definition) is 3. The van der Waals surface area contributed by atoms with E-state index in [4.69, 9.17) is 17.0 Å². The van der Waals surface area contributed by atoms with Gasteiger partial charge in [-0.05, 0) is 55.9 Å². The fourth-order valence-corrected chi connectivity index (χ4v) is 2.24. The maximum atomic E-state index is 12.9. The molecule has 0 bridgehead atoms. The number of benzene rings is 2. The zero-order valence-electron chi connectivity index (χ0n) is 13.9. The van der Waals surface area contributed by atoms with Crippen molar-refractivity contribution in [1.82, 2.24) is 10.7 Å². The van der Waals surface area contributed by atoms with Crippen LogP contribution in [0.15, 0.2) is 47.6 Å². The molecule has 0 unspecified atom stereocenters. The number of aryl methyl sites for hydroxylation is 1. The average Bonchev–Trinajstić information content (AvgIpc) is 2.59. The summed E-state index contributed by atoms with van der Waals surface area (Å²) in [5.41, 5.74) is 6.54. The number of rotatable bonds is 5. The highest BCUT2D eigenvalue weighted by atomic mass is 32.1. The summed E-state index contributed by atoms with van der Waals surface area (Å²) in [4.78, 5) is 0. The van der Waals surface area contributed by atoms with E-state index in [1.54, 1.807) is 19.2 Å². The summed E-state index contributed by atoms with van der Waals surface area (Å²) < 4.78 is 18.2. The zero-order valence-corrected chi connectivity index (χ0v) is 14.7. The highest BCUT2D eigenvalue weighted by Crippen LogP contribution is 2.20. The van der Waals surface area contributed by atoms with Crippen molar-refractivity contribution in [3.63, 3.8) is 0 Å². The van der Waals surface area contributed by atoms with Crippen molar-refractivity contribution in [3.8, 4) is 5.75 Å². The minimum absolute atomic E-state index is 0.258. The predicted molar refractivity (Wildman–Crippen MR) is 98.9 cm³/mol. The van der Waals surface area contributed by atoms with Crippen molar-refractivity contribution in [3.05, 3.63) is 65.0 Å². The molecule has 0 fully saturated rings. The molecule has 0 aliphatic rings. The van der Waals surface area contributed by atoms with E-state index < -0.39 is 0 Å². The van der Waals surface area contributed by atoms with Gasteiger partial charge < -0.3 is 10.1 Å². The Hall–Kier alpha value is -2.47. The van der Waals surface area contributed by atoms with Gasteiger partial charge in [-0.3, -0.25) is 5.43 Å². The lowest BCUT2D eigenvalue weighted by Gasteiger charge is -2.11. The Morgan fingerprint density at radius 3 is 2.58 bits per heavy atom. The largest absolute Gasteiger partial charge is 0.496 e. The van der Waals surface area contributed by atoms with Crippen LogP contribution in [0.4, 0.5) is 4.39 Å². The van der Waals surface area contributed by atoms with Crippen LogP contribution in [0.3, 0.4) is 0 Å². The van der Waals surface area contributed by atoms with Crippen LogP contribution in [0.1, 0.15) is 23.6 Å². The number of ether oxygens (including phenoxy) is 1. The van der Waals surface area contributed by atoms with E-state index in [1.807, 2.05) is 32.0 Å². The third kappa shape index (κ3) is 5.03. The van der Waals surface area contributed by atoms with Crippen LogP contribution in [0.2, 0.25) is 0 Å². The Balaban J connectivity index is 1.95. The normalized spacial score (nSPS) is 11.1. The van der Waals surface area contributed by atoms with Crippen LogP contribution in [0, 0.1) is 12.7 Å². The molecule has 0 heterocycles. The Morgan fingerprint density at radius 1 is 1.21 bits per heavy atom. The molecule has 4 nitrogen and oxygen atoms in total. The molecule has 0 radical (unpaired) electrons. The molecule has 2 aromatic rings. The first-order valence-electron chi connectivity index (χ1n) is 7.47. The average molecular weight is 345 g/mol. The van der Waals surface area contributed by atoms with Gasteiger partial charge in [0, 0.05) is 12.1 Å². The van der Waals surface area contributed by atoms with E-state index in [-0.39, 0.29) is 5.82 Å². The SMILES string of the molecule is COc1ccc(C)cc1/C(C)=N\NC(=S)NCc1ccc(F)cc1. The molecule has 0 spiro atoms. The van der Waals surface area contributed by atoms with Gasteiger partial charge in [-0.25, -0.2) is 4.39 Å². The number of hydrazone groups is 1. The second-order valence-corrected chi connectivity index (χ2v) is 5.73. The molecule has 0 aromatic heterocycles. The standard InChI is InChI=1S/C18H20FN3OS/c1-12-4-9-17(23-3)16(10-12)13(2)21-22-18(24)20-11-14-5-7-15(19)8-6-14/h4-10H,11H2,1-3H3,(H2,20,22,24)/b21-13-. The predicted octanol–water partition coefficient (Wildman–Crippen LogP) is 3.53. The van der Waals surface area contributed by atoms with Crippen molar-refractivity contribution in [1.29, 1.82) is 0 Å². The van der Waals surface area contributed by atoms with E-state index in [0.29, 0.717) is 11.7 Å². The molecule has 24 heavy (non-hydrogen) atoms. The number of hydrogen-bond donors (Lipinski definition) is 2. The first kappa shape index (κ1) is 17.9. The zero-order chi connectivity index (χ0) is 17.5. The van der Waals surface area contributed by atoms with E-state index >= 15 is 0 Å². The van der Waals surface area contributed by atoms with Gasteiger partial charge >= 0.3 is 0 Å². The molecular weight excluding hydrogens is 325 g/mol. The fourth-order valence-electron chi connectivity index (χ4n) is 2.12. The summed E-state index contributed by atoms with van der Waals surface area (Å²) in [7, 11) is 1.63. The lowest BCUT2D eigenvalue weighted by atomic mass is 10.1. The highest BCUT2D eigenvalue weighted by Gasteiger charge is 2.07. The summed E-state index contributed by atoms with van der Waals surface area (Å²) in [5, 5.41) is 7.71. The number of methoxy groups -OCH3 is 1. The number of nitrogens with one attached hydrogen (secondary N) is 2. The minimum Gasteiger partial charge on any atom is -0.496 e. The smallest absolute Gasteiger partial charge is 0.187 e. The Kier molecular flexibility index (Phi) is 6.26. The van der Waals surface area contributed by atoms with Crippen LogP contribution >= 0.6 is 12.2 Å². The number of thiocarbonyl (C=S) groups is 1. The van der Waals surface area contributed by atoms with Crippen LogP contribution in [0.25, 0.3) is 0 Å². The molecule has 0 saturated carbocycles. The van der Waals surface area contributed by atoms with E-state index in [0.717, 1.165) is 28.2 Å². The van der Waals surface area contributed by atoms with Crippen LogP contribution < -0.4 is 15.5 Å². The number of halogens is 1. The number of nitrogens with zero attached hydrogens (tertiary/aromatic N) is 1. The summed E-state index contributed by atoms with van der Waals surface area (Å²) in [6.45, 7) is 4.39. The van der Waals surface area contributed by atoms with Gasteiger partial charge in [0.2, 0.25) is 0 Å². The summed E-state index contributed by atoms with van der Waals surface area (Å²) in [5.74, 6) is 0.501. The van der Waals surface area contributed by atoms with Crippen LogP contribution in [0.5, 0.6) is 5.75 Å². The second-order valence-electron chi connectivity index (χ2n) is 5.32. The molecule has 0 aliphatic heterocycles. The molecular formula is C18H20FN3OS. The molecule has 0 amide bonds. The summed E-state index contributed by atoms with van der Waals surface area (Å²) >= 11 is 5.20. The maximum absolute atomic E-state index is 12.9. The first-order valence-corrected chi connectivity index (χ1v) is 7.88. The molecule has 0 aliphatic carbocycles. The van der Waals surface area contributed by atoms with E-state index in [9.17, 15) is 4.39 Å². The van der Waals surface area contributed by atoms with Crippen LogP contribution in [-0.2, 0) is 6.54 Å².